The summed E-state index contributed by atoms with van der Waals surface area (Å²) in [6, 6.07) is 12.4. The van der Waals surface area contributed by atoms with Crippen LogP contribution in [0.25, 0.3) is 0 Å². The van der Waals surface area contributed by atoms with Gasteiger partial charge in [0, 0.05) is 30.6 Å². The van der Waals surface area contributed by atoms with Crippen LogP contribution in [0.3, 0.4) is 0 Å². The quantitative estimate of drug-likeness (QED) is 0.367. The van der Waals surface area contributed by atoms with Gasteiger partial charge < -0.3 is 25.1 Å². The lowest BCUT2D eigenvalue weighted by atomic mass is 10.0. The number of benzene rings is 2. The van der Waals surface area contributed by atoms with Crippen LogP contribution < -0.4 is 19.9 Å². The smallest absolute Gasteiger partial charge is 0.231 e. The molecule has 0 fully saturated rings. The fraction of sp³-hybridized carbons (Fsp3) is 0.423. The van der Waals surface area contributed by atoms with Crippen molar-refractivity contribution in [1.82, 2.24) is 9.29 Å². The Bertz CT molecular complexity index is 1170. The average Bonchev–Trinajstić information content (AvgIpc) is 3.50. The monoisotopic (exact) mass is 531 g/mol. The number of rotatable bonds is 12. The van der Waals surface area contributed by atoms with E-state index in [1.165, 1.54) is 0 Å². The molecule has 1 aromatic heterocycles. The SMILES string of the molecule is Cc1nc(COc2ccc(CC(N)C(O)CN(CC(C)C)S(=O)c3ccc4c(c3)OCO4)cc2)cs1. The van der Waals surface area contributed by atoms with E-state index in [4.69, 9.17) is 19.9 Å². The van der Waals surface area contributed by atoms with Gasteiger partial charge in [0.2, 0.25) is 6.79 Å². The van der Waals surface area contributed by atoms with E-state index in [1.54, 1.807) is 33.8 Å². The van der Waals surface area contributed by atoms with Gasteiger partial charge in [0.25, 0.3) is 0 Å². The van der Waals surface area contributed by atoms with Gasteiger partial charge in [-0.1, -0.05) is 26.0 Å². The molecule has 3 aromatic rings. The minimum Gasteiger partial charge on any atom is -0.487 e. The van der Waals surface area contributed by atoms with Crippen LogP contribution in [0.2, 0.25) is 0 Å². The lowest BCUT2D eigenvalue weighted by molar-refractivity contribution is 0.118. The third-order valence-corrected chi connectivity index (χ3v) is 7.93. The van der Waals surface area contributed by atoms with E-state index in [-0.39, 0.29) is 19.3 Å². The van der Waals surface area contributed by atoms with Crippen molar-refractivity contribution in [2.24, 2.45) is 11.7 Å². The topological polar surface area (TPSA) is 107 Å². The Morgan fingerprint density at radius 3 is 2.61 bits per heavy atom. The summed E-state index contributed by atoms with van der Waals surface area (Å²) < 4.78 is 31.7. The van der Waals surface area contributed by atoms with Gasteiger partial charge >= 0.3 is 0 Å². The predicted octanol–water partition coefficient (Wildman–Crippen LogP) is 3.67. The van der Waals surface area contributed by atoms with E-state index in [9.17, 15) is 9.32 Å². The largest absolute Gasteiger partial charge is 0.487 e. The number of hydrogen-bond acceptors (Lipinski definition) is 8. The Labute approximate surface area is 218 Å². The number of aromatic nitrogens is 1. The maximum Gasteiger partial charge on any atom is 0.231 e. The number of aliphatic hydroxyl groups excluding tert-OH is 1. The Balaban J connectivity index is 1.34. The van der Waals surface area contributed by atoms with E-state index in [2.05, 4.69) is 18.8 Å². The summed E-state index contributed by atoms with van der Waals surface area (Å²) in [6.07, 6.45) is -0.371. The lowest BCUT2D eigenvalue weighted by Crippen LogP contribution is -2.46. The number of nitrogens with zero attached hydrogens (tertiary/aromatic N) is 2. The number of hydrogen-bond donors (Lipinski definition) is 2. The van der Waals surface area contributed by atoms with E-state index >= 15 is 0 Å². The molecule has 0 spiro atoms. The van der Waals surface area contributed by atoms with Gasteiger partial charge in [0.15, 0.2) is 11.5 Å². The fourth-order valence-electron chi connectivity index (χ4n) is 3.86. The molecule has 36 heavy (non-hydrogen) atoms. The second kappa shape index (κ2) is 12.2. The molecule has 3 atom stereocenters. The van der Waals surface area contributed by atoms with Gasteiger partial charge in [-0.3, -0.25) is 0 Å². The molecule has 1 aliphatic rings. The second-order valence-corrected chi connectivity index (χ2v) is 11.8. The zero-order valence-electron chi connectivity index (χ0n) is 20.8. The molecule has 0 saturated heterocycles. The molecule has 3 N–H and O–H groups in total. The minimum absolute atomic E-state index is 0.160. The van der Waals surface area contributed by atoms with Gasteiger partial charge in [-0.25, -0.2) is 13.5 Å². The third-order valence-electron chi connectivity index (χ3n) is 5.68. The molecule has 0 bridgehead atoms. The van der Waals surface area contributed by atoms with E-state index in [0.29, 0.717) is 36.0 Å². The van der Waals surface area contributed by atoms with Crippen LogP contribution >= 0.6 is 11.3 Å². The molecule has 2 heterocycles. The summed E-state index contributed by atoms with van der Waals surface area (Å²) in [5.74, 6) is 2.23. The predicted molar refractivity (Wildman–Crippen MR) is 141 cm³/mol. The fourth-order valence-corrected chi connectivity index (χ4v) is 5.87. The molecule has 0 aliphatic carbocycles. The van der Waals surface area contributed by atoms with Crippen LogP contribution in [0.1, 0.15) is 30.1 Å². The molecule has 2 aromatic carbocycles. The van der Waals surface area contributed by atoms with Crippen LogP contribution in [-0.2, 0) is 24.0 Å². The van der Waals surface area contributed by atoms with Crippen LogP contribution in [0, 0.1) is 12.8 Å². The van der Waals surface area contributed by atoms with Gasteiger partial charge in [0.1, 0.15) is 23.3 Å². The van der Waals surface area contributed by atoms with Crippen LogP contribution in [0.5, 0.6) is 17.2 Å². The van der Waals surface area contributed by atoms with Gasteiger partial charge in [-0.05, 0) is 49.1 Å². The Morgan fingerprint density at radius 2 is 1.92 bits per heavy atom. The van der Waals surface area contributed by atoms with E-state index < -0.39 is 23.1 Å². The first-order valence-electron chi connectivity index (χ1n) is 11.9. The maximum atomic E-state index is 13.4. The minimum atomic E-state index is -1.48. The van der Waals surface area contributed by atoms with Crippen molar-refractivity contribution >= 4 is 22.3 Å². The first-order chi connectivity index (χ1) is 17.3. The summed E-state index contributed by atoms with van der Waals surface area (Å²) in [5.41, 5.74) is 8.27. The summed E-state index contributed by atoms with van der Waals surface area (Å²) in [4.78, 5) is 5.00. The molecule has 0 saturated carbocycles. The van der Waals surface area contributed by atoms with Gasteiger partial charge in [-0.15, -0.1) is 11.3 Å². The Hall–Kier alpha value is -2.50. The van der Waals surface area contributed by atoms with Crippen LogP contribution in [-0.4, -0.2) is 50.6 Å². The van der Waals surface area contributed by atoms with Crippen molar-refractivity contribution in [2.75, 3.05) is 19.9 Å². The summed E-state index contributed by atoms with van der Waals surface area (Å²) in [7, 11) is -1.48. The van der Waals surface area contributed by atoms with Crippen molar-refractivity contribution in [1.29, 1.82) is 0 Å². The molecule has 194 valence electrons. The Kier molecular flexibility index (Phi) is 8.97. The highest BCUT2D eigenvalue weighted by atomic mass is 32.2. The van der Waals surface area contributed by atoms with Crippen molar-refractivity contribution in [3.63, 3.8) is 0 Å². The maximum absolute atomic E-state index is 13.4. The number of aliphatic hydroxyl groups is 1. The van der Waals surface area contributed by atoms with Crippen molar-refractivity contribution < 1.29 is 23.5 Å². The summed E-state index contributed by atoms with van der Waals surface area (Å²) in [6.45, 7) is 7.40. The molecule has 8 nitrogen and oxygen atoms in total. The molecular formula is C26H33N3O5S2. The van der Waals surface area contributed by atoms with E-state index in [1.807, 2.05) is 36.6 Å². The van der Waals surface area contributed by atoms with Gasteiger partial charge in [-0.2, -0.15) is 0 Å². The van der Waals surface area contributed by atoms with Crippen molar-refractivity contribution in [2.45, 2.75) is 50.8 Å². The zero-order valence-corrected chi connectivity index (χ0v) is 22.4. The third kappa shape index (κ3) is 7.04. The molecule has 10 heteroatoms. The number of nitrogens with two attached hydrogens (primary N) is 1. The number of fused-ring (bicyclic) bond motifs is 1. The van der Waals surface area contributed by atoms with Crippen molar-refractivity contribution in [3.8, 4) is 17.2 Å². The second-order valence-electron chi connectivity index (χ2n) is 9.23. The summed E-state index contributed by atoms with van der Waals surface area (Å²) in [5, 5.41) is 13.9. The highest BCUT2D eigenvalue weighted by Gasteiger charge is 2.25. The first-order valence-corrected chi connectivity index (χ1v) is 13.9. The molecule has 3 unspecified atom stereocenters. The zero-order chi connectivity index (χ0) is 25.7. The van der Waals surface area contributed by atoms with Gasteiger partial charge in [0.05, 0.1) is 21.7 Å². The molecule has 0 radical (unpaired) electrons. The number of aryl methyl sites for hydroxylation is 1. The van der Waals surface area contributed by atoms with Crippen LogP contribution in [0.4, 0.5) is 0 Å². The molecule has 0 amide bonds. The average molecular weight is 532 g/mol. The molecule has 4 rings (SSSR count). The highest BCUT2D eigenvalue weighted by molar-refractivity contribution is 7.82. The number of thiazole rings is 1. The normalized spacial score (nSPS) is 15.3. The highest BCUT2D eigenvalue weighted by Crippen LogP contribution is 2.34. The standard InChI is InChI=1S/C26H33N3O5S2/c1-17(2)12-29(36(31)22-8-9-25-26(11-22)34-16-33-25)13-24(30)23(27)10-19-4-6-21(7-5-19)32-14-20-15-35-18(3)28-20/h4-9,11,15,17,23-24,30H,10,12-14,16,27H2,1-3H3. The molecule has 1 aliphatic heterocycles. The van der Waals surface area contributed by atoms with E-state index in [0.717, 1.165) is 22.0 Å². The number of ether oxygens (including phenoxy) is 3. The van der Waals surface area contributed by atoms with Crippen LogP contribution in [0.15, 0.2) is 52.7 Å². The first kappa shape index (κ1) is 26.6. The summed E-state index contributed by atoms with van der Waals surface area (Å²) >= 11 is 1.60. The Morgan fingerprint density at radius 1 is 1.17 bits per heavy atom. The molecular weight excluding hydrogens is 498 g/mol. The van der Waals surface area contributed by atoms with Crippen molar-refractivity contribution in [3.05, 3.63) is 64.1 Å². The lowest BCUT2D eigenvalue weighted by Gasteiger charge is -2.28.